The molecule has 0 bridgehead atoms. The summed E-state index contributed by atoms with van der Waals surface area (Å²) in [7, 11) is 0. The number of carbonyl (C=O) groups is 1. The van der Waals surface area contributed by atoms with E-state index in [1.54, 1.807) is 12.1 Å². The van der Waals surface area contributed by atoms with Crippen LogP contribution >= 0.6 is 0 Å². The number of hydrogen-bond acceptors (Lipinski definition) is 3. The molecule has 0 unspecified atom stereocenters. The van der Waals surface area contributed by atoms with Crippen molar-refractivity contribution >= 4 is 11.6 Å². The molecule has 4 nitrogen and oxygen atoms in total. The van der Waals surface area contributed by atoms with E-state index in [1.807, 2.05) is 19.1 Å². The van der Waals surface area contributed by atoms with E-state index in [-0.39, 0.29) is 5.91 Å². The maximum atomic E-state index is 12.6. The SMILES string of the molecule is CCCN(CC(F)F)C(=O)c1ccc(N2CCN(CC)CC2)cc1. The van der Waals surface area contributed by atoms with E-state index in [1.165, 1.54) is 4.90 Å². The van der Waals surface area contributed by atoms with Gasteiger partial charge in [0.15, 0.2) is 0 Å². The number of carbonyl (C=O) groups excluding carboxylic acids is 1. The first-order valence-corrected chi connectivity index (χ1v) is 8.70. The summed E-state index contributed by atoms with van der Waals surface area (Å²) >= 11 is 0. The topological polar surface area (TPSA) is 26.8 Å². The summed E-state index contributed by atoms with van der Waals surface area (Å²) in [4.78, 5) is 18.3. The zero-order chi connectivity index (χ0) is 17.5. The van der Waals surface area contributed by atoms with Gasteiger partial charge in [-0.05, 0) is 37.2 Å². The number of benzene rings is 1. The molecule has 1 amide bonds. The number of amides is 1. The fraction of sp³-hybridized carbons (Fsp3) is 0.611. The van der Waals surface area contributed by atoms with Crippen LogP contribution < -0.4 is 4.90 Å². The lowest BCUT2D eigenvalue weighted by atomic mass is 10.1. The van der Waals surface area contributed by atoms with E-state index in [0.29, 0.717) is 18.5 Å². The van der Waals surface area contributed by atoms with Gasteiger partial charge in [-0.1, -0.05) is 13.8 Å². The van der Waals surface area contributed by atoms with Gasteiger partial charge < -0.3 is 14.7 Å². The standard InChI is InChI=1S/C18H27F2N3O/c1-3-9-23(14-17(19)20)18(24)15-5-7-16(8-6-15)22-12-10-21(4-2)11-13-22/h5-8,17H,3-4,9-14H2,1-2H3. The Bertz CT molecular complexity index is 514. The minimum atomic E-state index is -2.50. The van der Waals surface area contributed by atoms with Gasteiger partial charge in [-0.25, -0.2) is 8.78 Å². The van der Waals surface area contributed by atoms with E-state index in [0.717, 1.165) is 38.4 Å². The van der Waals surface area contributed by atoms with Gasteiger partial charge in [-0.15, -0.1) is 0 Å². The molecule has 0 saturated carbocycles. The van der Waals surface area contributed by atoms with Gasteiger partial charge in [0.1, 0.15) is 0 Å². The van der Waals surface area contributed by atoms with E-state index in [9.17, 15) is 13.6 Å². The Morgan fingerprint density at radius 2 is 1.75 bits per heavy atom. The molecule has 0 aromatic heterocycles. The molecular weight excluding hydrogens is 312 g/mol. The Morgan fingerprint density at radius 1 is 1.12 bits per heavy atom. The molecule has 1 heterocycles. The van der Waals surface area contributed by atoms with Crippen LogP contribution in [0.15, 0.2) is 24.3 Å². The molecule has 1 aromatic rings. The van der Waals surface area contributed by atoms with E-state index >= 15 is 0 Å². The largest absolute Gasteiger partial charge is 0.369 e. The third kappa shape index (κ3) is 4.90. The average Bonchev–Trinajstić information content (AvgIpc) is 2.60. The summed E-state index contributed by atoms with van der Waals surface area (Å²) in [5, 5.41) is 0. The van der Waals surface area contributed by atoms with Crippen LogP contribution in [-0.2, 0) is 0 Å². The average molecular weight is 339 g/mol. The lowest BCUT2D eigenvalue weighted by Crippen LogP contribution is -2.46. The first kappa shape index (κ1) is 18.6. The number of nitrogens with zero attached hydrogens (tertiary/aromatic N) is 3. The van der Waals surface area contributed by atoms with Crippen molar-refractivity contribution in [2.45, 2.75) is 26.7 Å². The van der Waals surface area contributed by atoms with Crippen LogP contribution in [-0.4, -0.2) is 67.9 Å². The third-order valence-electron chi connectivity index (χ3n) is 4.44. The highest BCUT2D eigenvalue weighted by Crippen LogP contribution is 2.18. The molecule has 0 aliphatic carbocycles. The van der Waals surface area contributed by atoms with Crippen LogP contribution in [0.3, 0.4) is 0 Å². The van der Waals surface area contributed by atoms with Gasteiger partial charge in [0.2, 0.25) is 0 Å². The number of rotatable bonds is 7. The van der Waals surface area contributed by atoms with Crippen molar-refractivity contribution in [2.75, 3.05) is 50.7 Å². The first-order chi connectivity index (χ1) is 11.5. The number of hydrogen-bond donors (Lipinski definition) is 0. The van der Waals surface area contributed by atoms with E-state index in [2.05, 4.69) is 16.7 Å². The Morgan fingerprint density at radius 3 is 2.25 bits per heavy atom. The van der Waals surface area contributed by atoms with Gasteiger partial charge in [0.05, 0.1) is 6.54 Å². The van der Waals surface area contributed by atoms with Crippen molar-refractivity contribution in [3.8, 4) is 0 Å². The predicted octanol–water partition coefficient (Wildman–Crippen LogP) is 2.95. The van der Waals surface area contributed by atoms with Crippen molar-refractivity contribution in [1.29, 1.82) is 0 Å². The van der Waals surface area contributed by atoms with Crippen molar-refractivity contribution in [1.82, 2.24) is 9.80 Å². The second-order valence-corrected chi connectivity index (χ2v) is 6.11. The first-order valence-electron chi connectivity index (χ1n) is 8.70. The normalized spacial score (nSPS) is 15.8. The highest BCUT2D eigenvalue weighted by molar-refractivity contribution is 5.94. The van der Waals surface area contributed by atoms with Crippen molar-refractivity contribution < 1.29 is 13.6 Å². The lowest BCUT2D eigenvalue weighted by Gasteiger charge is -2.35. The molecule has 0 radical (unpaired) electrons. The lowest BCUT2D eigenvalue weighted by molar-refractivity contribution is 0.0555. The minimum absolute atomic E-state index is 0.320. The van der Waals surface area contributed by atoms with Crippen molar-refractivity contribution in [3.63, 3.8) is 0 Å². The summed E-state index contributed by atoms with van der Waals surface area (Å²) < 4.78 is 25.3. The fourth-order valence-electron chi connectivity index (χ4n) is 3.03. The Kier molecular flexibility index (Phi) is 6.97. The maximum Gasteiger partial charge on any atom is 0.255 e. The molecule has 134 valence electrons. The third-order valence-corrected chi connectivity index (χ3v) is 4.44. The molecule has 1 saturated heterocycles. The van der Waals surface area contributed by atoms with E-state index in [4.69, 9.17) is 0 Å². The quantitative estimate of drug-likeness (QED) is 0.764. The molecule has 0 spiro atoms. The van der Waals surface area contributed by atoms with Crippen LogP contribution in [0, 0.1) is 0 Å². The summed E-state index contributed by atoms with van der Waals surface area (Å²) in [5.74, 6) is -0.320. The molecule has 2 rings (SSSR count). The van der Waals surface area contributed by atoms with Gasteiger partial charge in [0, 0.05) is 44.0 Å². The fourth-order valence-corrected chi connectivity index (χ4v) is 3.03. The van der Waals surface area contributed by atoms with Crippen LogP contribution in [0.2, 0.25) is 0 Å². The molecule has 24 heavy (non-hydrogen) atoms. The Labute approximate surface area is 143 Å². The predicted molar refractivity (Wildman–Crippen MR) is 93.0 cm³/mol. The van der Waals surface area contributed by atoms with Crippen LogP contribution in [0.4, 0.5) is 14.5 Å². The molecule has 0 atom stereocenters. The summed E-state index contributed by atoms with van der Waals surface area (Å²) in [6, 6.07) is 7.33. The molecule has 1 fully saturated rings. The summed E-state index contributed by atoms with van der Waals surface area (Å²) in [6.45, 7) is 8.97. The number of anilines is 1. The molecular formula is C18H27F2N3O. The molecule has 1 aliphatic rings. The number of halogens is 2. The Hall–Kier alpha value is -1.69. The number of alkyl halides is 2. The van der Waals surface area contributed by atoms with Crippen molar-refractivity contribution in [2.24, 2.45) is 0 Å². The second kappa shape index (κ2) is 8.97. The van der Waals surface area contributed by atoms with Crippen LogP contribution in [0.1, 0.15) is 30.6 Å². The summed E-state index contributed by atoms with van der Waals surface area (Å²) in [5.41, 5.74) is 1.55. The number of piperazine rings is 1. The smallest absolute Gasteiger partial charge is 0.255 e. The number of likely N-dealkylation sites (N-methyl/N-ethyl adjacent to an activating group) is 1. The maximum absolute atomic E-state index is 12.6. The minimum Gasteiger partial charge on any atom is -0.369 e. The van der Waals surface area contributed by atoms with Gasteiger partial charge in [0.25, 0.3) is 12.3 Å². The van der Waals surface area contributed by atoms with Gasteiger partial charge >= 0.3 is 0 Å². The summed E-state index contributed by atoms with van der Waals surface area (Å²) in [6.07, 6.45) is -1.84. The van der Waals surface area contributed by atoms with Crippen LogP contribution in [0.25, 0.3) is 0 Å². The zero-order valence-corrected chi connectivity index (χ0v) is 14.5. The van der Waals surface area contributed by atoms with Gasteiger partial charge in [-0.2, -0.15) is 0 Å². The molecule has 1 aliphatic heterocycles. The van der Waals surface area contributed by atoms with E-state index < -0.39 is 13.0 Å². The molecule has 6 heteroatoms. The Balaban J connectivity index is 2.01. The molecule has 0 N–H and O–H groups in total. The molecule has 1 aromatic carbocycles. The van der Waals surface area contributed by atoms with Gasteiger partial charge in [-0.3, -0.25) is 4.79 Å². The highest BCUT2D eigenvalue weighted by atomic mass is 19.3. The monoisotopic (exact) mass is 339 g/mol. The van der Waals surface area contributed by atoms with Crippen molar-refractivity contribution in [3.05, 3.63) is 29.8 Å². The zero-order valence-electron chi connectivity index (χ0n) is 14.5. The highest BCUT2D eigenvalue weighted by Gasteiger charge is 2.20. The van der Waals surface area contributed by atoms with Crippen LogP contribution in [0.5, 0.6) is 0 Å². The second-order valence-electron chi connectivity index (χ2n) is 6.11.